The number of alkyl halides is 3. The van der Waals surface area contributed by atoms with Crippen LogP contribution < -0.4 is 5.32 Å². The summed E-state index contributed by atoms with van der Waals surface area (Å²) >= 11 is 1.30. The largest absolute Gasteiger partial charge is 0.394 e. The van der Waals surface area contributed by atoms with Crippen LogP contribution in [0, 0.1) is 24.2 Å². The number of nitrogens with one attached hydrogen (secondary N) is 1. The molecule has 3 aliphatic rings. The van der Waals surface area contributed by atoms with Crippen LogP contribution in [0.5, 0.6) is 0 Å². The Morgan fingerprint density at radius 3 is 2.57 bits per heavy atom. The molecule has 0 bridgehead atoms. The predicted molar refractivity (Wildman–Crippen MR) is 152 cm³/mol. The molecule has 0 radical (unpaired) electrons. The van der Waals surface area contributed by atoms with Gasteiger partial charge in [0.2, 0.25) is 11.8 Å². The number of hydrogen-bond donors (Lipinski definition) is 1. The van der Waals surface area contributed by atoms with Gasteiger partial charge in [-0.05, 0) is 49.1 Å². The van der Waals surface area contributed by atoms with Crippen molar-refractivity contribution in [2.24, 2.45) is 17.3 Å². The van der Waals surface area contributed by atoms with Crippen molar-refractivity contribution >= 4 is 39.3 Å². The molecule has 3 amide bonds. The van der Waals surface area contributed by atoms with Gasteiger partial charge in [-0.2, -0.15) is 13.2 Å². The van der Waals surface area contributed by atoms with Crippen LogP contribution >= 0.6 is 11.3 Å². The summed E-state index contributed by atoms with van der Waals surface area (Å²) in [6, 6.07) is 4.94. The number of aryl methyl sites for hydroxylation is 1. The van der Waals surface area contributed by atoms with Gasteiger partial charge in [0.1, 0.15) is 0 Å². The normalized spacial score (nSPS) is 23.3. The van der Waals surface area contributed by atoms with E-state index in [2.05, 4.69) is 15.3 Å². The number of carbonyl (C=O) groups excluding carboxylic acids is 3. The molecular weight excluding hydrogens is 567 g/mol. The zero-order valence-corrected chi connectivity index (χ0v) is 24.7. The Kier molecular flexibility index (Phi) is 6.92. The molecule has 1 aliphatic carbocycles. The molecule has 12 heteroatoms. The van der Waals surface area contributed by atoms with E-state index in [-0.39, 0.29) is 64.5 Å². The Morgan fingerprint density at radius 1 is 1.19 bits per heavy atom. The van der Waals surface area contributed by atoms with E-state index in [0.717, 1.165) is 17.8 Å². The number of amides is 3. The predicted octanol–water partition coefficient (Wildman–Crippen LogP) is 4.74. The number of halogens is 3. The molecule has 3 aromatic rings. The van der Waals surface area contributed by atoms with E-state index >= 15 is 0 Å². The highest BCUT2D eigenvalue weighted by molar-refractivity contribution is 7.19. The lowest BCUT2D eigenvalue weighted by Crippen LogP contribution is -2.35. The molecule has 222 valence electrons. The molecule has 3 aromatic heterocycles. The van der Waals surface area contributed by atoms with Crippen molar-refractivity contribution in [1.29, 1.82) is 0 Å². The molecule has 0 aromatic carbocycles. The van der Waals surface area contributed by atoms with Crippen LogP contribution in [-0.2, 0) is 22.6 Å². The zero-order valence-electron chi connectivity index (χ0n) is 23.8. The van der Waals surface area contributed by atoms with E-state index in [1.54, 1.807) is 24.0 Å². The highest BCUT2D eigenvalue weighted by atomic mass is 32.1. The fourth-order valence-electron chi connectivity index (χ4n) is 6.63. The van der Waals surface area contributed by atoms with Gasteiger partial charge in [0.15, 0.2) is 0 Å². The van der Waals surface area contributed by atoms with Gasteiger partial charge < -0.3 is 10.2 Å². The third kappa shape index (κ3) is 4.88. The number of carbonyl (C=O) groups is 3. The van der Waals surface area contributed by atoms with Gasteiger partial charge in [-0.25, -0.2) is 0 Å². The number of imide groups is 1. The summed E-state index contributed by atoms with van der Waals surface area (Å²) in [6.07, 6.45) is -3.36. The molecule has 1 N–H and O–H groups in total. The second kappa shape index (κ2) is 10.1. The van der Waals surface area contributed by atoms with Gasteiger partial charge in [-0.15, -0.1) is 11.3 Å². The second-order valence-corrected chi connectivity index (χ2v) is 13.2. The Labute approximate surface area is 245 Å². The summed E-state index contributed by atoms with van der Waals surface area (Å²) in [6.45, 7) is 9.40. The lowest BCUT2D eigenvalue weighted by atomic mass is 9.99. The fourth-order valence-corrected chi connectivity index (χ4v) is 7.74. The molecule has 8 nitrogen and oxygen atoms in total. The Hall–Kier alpha value is -3.38. The molecule has 2 saturated heterocycles. The maximum absolute atomic E-state index is 13.9. The first-order valence-corrected chi connectivity index (χ1v) is 14.9. The number of fused-ring (bicyclic) bond motifs is 2. The first-order chi connectivity index (χ1) is 19.8. The Balaban J connectivity index is 1.39. The third-order valence-corrected chi connectivity index (χ3v) is 9.90. The molecule has 42 heavy (non-hydrogen) atoms. The van der Waals surface area contributed by atoms with Crippen LogP contribution in [0.1, 0.15) is 53.7 Å². The van der Waals surface area contributed by atoms with Crippen molar-refractivity contribution in [3.05, 3.63) is 46.1 Å². The van der Waals surface area contributed by atoms with Crippen molar-refractivity contribution < 1.29 is 27.6 Å². The standard InChI is InChI=1S/C30H32F3N5O3S/c1-5-34-16-7-9-37(13-16)26(39)21-15(2)10-17(12-30(31,32)33)36-24(21)19-6-8-35-20-11-18(42-25(19)20)14-38-27(40)22-23(28(38)41)29(22,3)4/h6,8,10-11,16,22-23,34H,5,7,9,12-14H2,1-4H3/t16-,22?,23?/m0/s1. The number of nitrogens with zero attached hydrogens (tertiary/aromatic N) is 4. The minimum atomic E-state index is -4.47. The van der Waals surface area contributed by atoms with Gasteiger partial charge in [-0.3, -0.25) is 29.3 Å². The van der Waals surface area contributed by atoms with Crippen LogP contribution in [0.15, 0.2) is 24.4 Å². The summed E-state index contributed by atoms with van der Waals surface area (Å²) in [5.74, 6) is -1.20. The van der Waals surface area contributed by atoms with E-state index in [9.17, 15) is 27.6 Å². The molecule has 2 aliphatic heterocycles. The number of likely N-dealkylation sites (tertiary alicyclic amines) is 2. The topological polar surface area (TPSA) is 95.5 Å². The van der Waals surface area contributed by atoms with Gasteiger partial charge in [0, 0.05) is 35.8 Å². The van der Waals surface area contributed by atoms with Gasteiger partial charge >= 0.3 is 6.18 Å². The highest BCUT2D eigenvalue weighted by Gasteiger charge is 2.72. The van der Waals surface area contributed by atoms with E-state index in [0.29, 0.717) is 34.4 Å². The molecule has 0 spiro atoms. The number of pyridine rings is 2. The summed E-state index contributed by atoms with van der Waals surface area (Å²) in [5, 5.41) is 3.36. The molecule has 1 saturated carbocycles. The average molecular weight is 600 g/mol. The Bertz CT molecular complexity index is 1590. The van der Waals surface area contributed by atoms with E-state index in [4.69, 9.17) is 0 Å². The van der Waals surface area contributed by atoms with Crippen molar-refractivity contribution in [2.75, 3.05) is 19.6 Å². The van der Waals surface area contributed by atoms with Gasteiger partial charge in [0.25, 0.3) is 5.91 Å². The highest BCUT2D eigenvalue weighted by Crippen LogP contribution is 2.63. The van der Waals surface area contributed by atoms with E-state index in [1.165, 1.54) is 28.5 Å². The lowest BCUT2D eigenvalue weighted by Gasteiger charge is -2.21. The smallest absolute Gasteiger partial charge is 0.337 e. The number of aromatic nitrogens is 2. The number of rotatable bonds is 7. The maximum atomic E-state index is 13.9. The zero-order chi connectivity index (χ0) is 30.1. The van der Waals surface area contributed by atoms with E-state index in [1.807, 2.05) is 20.8 Å². The molecule has 3 fully saturated rings. The molecule has 3 atom stereocenters. The molecule has 5 heterocycles. The maximum Gasteiger partial charge on any atom is 0.394 e. The van der Waals surface area contributed by atoms with Crippen molar-refractivity contribution in [1.82, 2.24) is 25.1 Å². The van der Waals surface area contributed by atoms with Crippen molar-refractivity contribution in [2.45, 2.75) is 59.3 Å². The minimum Gasteiger partial charge on any atom is -0.337 e. The first kappa shape index (κ1) is 28.7. The summed E-state index contributed by atoms with van der Waals surface area (Å²) < 4.78 is 40.9. The SMILES string of the molecule is CCN[C@H]1CCN(C(=O)c2c(C)cc(CC(F)(F)F)nc2-c2ccnc3cc(CN4C(=O)C5C(C4=O)C5(C)C)sc23)C1. The average Bonchev–Trinajstić information content (AvgIpc) is 3.31. The van der Waals surface area contributed by atoms with Gasteiger partial charge in [0.05, 0.1) is 52.0 Å². The molecule has 6 rings (SSSR count). The van der Waals surface area contributed by atoms with Crippen LogP contribution in [0.4, 0.5) is 13.2 Å². The van der Waals surface area contributed by atoms with Crippen LogP contribution in [0.3, 0.4) is 0 Å². The summed E-state index contributed by atoms with van der Waals surface area (Å²) in [7, 11) is 0. The van der Waals surface area contributed by atoms with Crippen LogP contribution in [0.25, 0.3) is 21.5 Å². The number of thiophene rings is 1. The minimum absolute atomic E-state index is 0.104. The van der Waals surface area contributed by atoms with E-state index < -0.39 is 12.6 Å². The summed E-state index contributed by atoms with van der Waals surface area (Å²) in [4.78, 5) is 52.3. The number of piperidine rings is 1. The molecule has 2 unspecified atom stereocenters. The number of hydrogen-bond acceptors (Lipinski definition) is 7. The van der Waals surface area contributed by atoms with Crippen LogP contribution in [0.2, 0.25) is 0 Å². The molecular formula is C30H32F3N5O3S. The second-order valence-electron chi connectivity index (χ2n) is 12.1. The number of likely N-dealkylation sites (N-methyl/N-ethyl adjacent to an activating group) is 1. The third-order valence-electron chi connectivity index (χ3n) is 8.76. The fraction of sp³-hybridized carbons (Fsp3) is 0.500. The van der Waals surface area contributed by atoms with Gasteiger partial charge in [-0.1, -0.05) is 20.8 Å². The lowest BCUT2D eigenvalue weighted by molar-refractivity contribution is -0.143. The monoisotopic (exact) mass is 599 g/mol. The first-order valence-electron chi connectivity index (χ1n) is 14.1. The van der Waals surface area contributed by atoms with Crippen molar-refractivity contribution in [3.8, 4) is 11.3 Å². The Morgan fingerprint density at radius 2 is 1.90 bits per heavy atom. The quantitative estimate of drug-likeness (QED) is 0.395. The van der Waals surface area contributed by atoms with Crippen molar-refractivity contribution in [3.63, 3.8) is 0 Å². The summed E-state index contributed by atoms with van der Waals surface area (Å²) in [5.41, 5.74) is 1.45. The van der Waals surface area contributed by atoms with Crippen LogP contribution in [-0.4, -0.2) is 69.3 Å².